The van der Waals surface area contributed by atoms with Gasteiger partial charge in [0.2, 0.25) is 0 Å². The quantitative estimate of drug-likeness (QED) is 0.397. The number of para-hydroxylation sites is 1. The monoisotopic (exact) mass is 458 g/mol. The van der Waals surface area contributed by atoms with Crippen LogP contribution in [-0.2, 0) is 16.8 Å². The van der Waals surface area contributed by atoms with Gasteiger partial charge in [-0.05, 0) is 49.6 Å². The summed E-state index contributed by atoms with van der Waals surface area (Å²) in [7, 11) is 0. The minimum absolute atomic E-state index is 0.195. The molecule has 5 rings (SSSR count). The molecule has 1 unspecified atom stereocenters. The Hall–Kier alpha value is -3.61. The molecule has 7 nitrogen and oxygen atoms in total. The van der Waals surface area contributed by atoms with Crippen molar-refractivity contribution in [1.29, 1.82) is 0 Å². The zero-order valence-electron chi connectivity index (χ0n) is 19.7. The van der Waals surface area contributed by atoms with Gasteiger partial charge in [0, 0.05) is 29.6 Å². The molecule has 0 radical (unpaired) electrons. The highest BCUT2D eigenvalue weighted by Gasteiger charge is 2.59. The van der Waals surface area contributed by atoms with E-state index in [-0.39, 0.29) is 17.8 Å². The van der Waals surface area contributed by atoms with E-state index in [9.17, 15) is 14.4 Å². The zero-order valence-corrected chi connectivity index (χ0v) is 19.7. The summed E-state index contributed by atoms with van der Waals surface area (Å²) in [5.74, 6) is -0.499. The van der Waals surface area contributed by atoms with Crippen LogP contribution in [0.4, 0.5) is 10.5 Å². The van der Waals surface area contributed by atoms with Gasteiger partial charge in [0.1, 0.15) is 0 Å². The van der Waals surface area contributed by atoms with Crippen molar-refractivity contribution in [3.05, 3.63) is 65.4 Å². The molecule has 0 bridgehead atoms. The maximum absolute atomic E-state index is 13.8. The highest BCUT2D eigenvalue weighted by molar-refractivity contribution is 6.24. The summed E-state index contributed by atoms with van der Waals surface area (Å²) in [6.45, 7) is 5.04. The number of anilines is 1. The lowest BCUT2D eigenvalue weighted by Gasteiger charge is -2.35. The van der Waals surface area contributed by atoms with Gasteiger partial charge in [0.05, 0.1) is 11.4 Å². The van der Waals surface area contributed by atoms with E-state index in [1.807, 2.05) is 31.2 Å². The van der Waals surface area contributed by atoms with Crippen molar-refractivity contribution in [2.24, 2.45) is 0 Å². The largest absolute Gasteiger partial charge is 0.356 e. The van der Waals surface area contributed by atoms with Gasteiger partial charge in [-0.15, -0.1) is 0 Å². The normalized spacial score (nSPS) is 19.5. The van der Waals surface area contributed by atoms with E-state index in [4.69, 9.17) is 0 Å². The van der Waals surface area contributed by atoms with Crippen molar-refractivity contribution in [1.82, 2.24) is 15.2 Å². The van der Waals surface area contributed by atoms with Crippen LogP contribution in [0.3, 0.4) is 0 Å². The lowest BCUT2D eigenvalue weighted by molar-refractivity contribution is -0.125. The molecule has 3 heterocycles. The molecule has 1 aromatic heterocycles. The second kappa shape index (κ2) is 8.63. The number of benzene rings is 2. The minimum Gasteiger partial charge on any atom is -0.356 e. The molecule has 0 aliphatic carbocycles. The topological polar surface area (TPSA) is 85.5 Å². The molecule has 4 amide bonds. The minimum atomic E-state index is -1.11. The van der Waals surface area contributed by atoms with E-state index >= 15 is 0 Å². The molecule has 0 spiro atoms. The number of fused-ring (bicyclic) bond motifs is 5. The maximum Gasteiger partial charge on any atom is 0.332 e. The molecule has 2 aliphatic rings. The summed E-state index contributed by atoms with van der Waals surface area (Å²) >= 11 is 0. The Bertz CT molecular complexity index is 1280. The van der Waals surface area contributed by atoms with Crippen LogP contribution in [-0.4, -0.2) is 40.8 Å². The van der Waals surface area contributed by atoms with Gasteiger partial charge < -0.3 is 15.2 Å². The average molecular weight is 459 g/mol. The van der Waals surface area contributed by atoms with Gasteiger partial charge in [-0.3, -0.25) is 9.59 Å². The van der Waals surface area contributed by atoms with Crippen LogP contribution in [0, 0.1) is 0 Å². The molecule has 2 N–H and O–H groups in total. The molecular weight excluding hydrogens is 428 g/mol. The first-order chi connectivity index (χ1) is 16.5. The van der Waals surface area contributed by atoms with E-state index < -0.39 is 5.54 Å². The number of rotatable bonds is 7. The third-order valence-corrected chi connectivity index (χ3v) is 7.15. The molecule has 1 atom stereocenters. The first kappa shape index (κ1) is 22.2. The van der Waals surface area contributed by atoms with E-state index in [1.54, 1.807) is 29.2 Å². The molecule has 176 valence electrons. The van der Waals surface area contributed by atoms with Gasteiger partial charge in [-0.2, -0.15) is 0 Å². The molecule has 2 aliphatic heterocycles. The SMILES string of the molecule is CCCCCCNC(=O)c1cccc(N2C(=O)N3CCc4c([nH]c5ccccc45)C3(C)C2=O)c1. The Morgan fingerprint density at radius 3 is 2.74 bits per heavy atom. The second-order valence-corrected chi connectivity index (χ2v) is 9.29. The average Bonchev–Trinajstić information content (AvgIpc) is 3.32. The van der Waals surface area contributed by atoms with Crippen LogP contribution in [0.25, 0.3) is 10.9 Å². The number of carbonyl (C=O) groups is 3. The molecular formula is C27H30N4O3. The van der Waals surface area contributed by atoms with Crippen LogP contribution in [0.15, 0.2) is 48.5 Å². The van der Waals surface area contributed by atoms with Crippen molar-refractivity contribution in [3.63, 3.8) is 0 Å². The molecule has 34 heavy (non-hydrogen) atoms. The van der Waals surface area contributed by atoms with E-state index in [0.29, 0.717) is 30.8 Å². The standard InChI is InChI=1S/C27H30N4O3/c1-3-4-5-8-15-28-24(32)18-10-9-11-19(17-18)31-25(33)27(2)23-21(14-16-30(27)26(31)34)20-12-6-7-13-22(20)29-23/h6-7,9-13,17,29H,3-5,8,14-16H2,1-2H3,(H,28,32). The number of hydrogen-bond acceptors (Lipinski definition) is 3. The summed E-state index contributed by atoms with van der Waals surface area (Å²) in [4.78, 5) is 46.2. The van der Waals surface area contributed by atoms with Crippen molar-refractivity contribution in [2.75, 3.05) is 18.0 Å². The van der Waals surface area contributed by atoms with Crippen LogP contribution in [0.1, 0.15) is 61.1 Å². The van der Waals surface area contributed by atoms with E-state index in [1.165, 1.54) is 4.90 Å². The Morgan fingerprint density at radius 2 is 1.91 bits per heavy atom. The number of imide groups is 1. The second-order valence-electron chi connectivity index (χ2n) is 9.29. The smallest absolute Gasteiger partial charge is 0.332 e. The lowest BCUT2D eigenvalue weighted by atomic mass is 9.87. The number of urea groups is 1. The van der Waals surface area contributed by atoms with Crippen LogP contribution >= 0.6 is 0 Å². The van der Waals surface area contributed by atoms with Gasteiger partial charge in [-0.1, -0.05) is 50.5 Å². The Labute approximate surface area is 199 Å². The summed E-state index contributed by atoms with van der Waals surface area (Å²) < 4.78 is 0. The van der Waals surface area contributed by atoms with Crippen molar-refractivity contribution in [3.8, 4) is 0 Å². The Balaban J connectivity index is 1.43. The highest BCUT2D eigenvalue weighted by atomic mass is 16.2. The number of H-pyrrole nitrogens is 1. The fraction of sp³-hybridized carbons (Fsp3) is 0.370. The Morgan fingerprint density at radius 1 is 1.09 bits per heavy atom. The number of nitrogens with zero attached hydrogens (tertiary/aromatic N) is 2. The first-order valence-electron chi connectivity index (χ1n) is 12.1. The number of hydrogen-bond donors (Lipinski definition) is 2. The number of amides is 4. The predicted octanol–water partition coefficient (Wildman–Crippen LogP) is 4.72. The van der Waals surface area contributed by atoms with Crippen LogP contribution in [0.5, 0.6) is 0 Å². The molecule has 1 fully saturated rings. The van der Waals surface area contributed by atoms with E-state index in [0.717, 1.165) is 47.8 Å². The molecule has 0 saturated carbocycles. The number of carbonyl (C=O) groups excluding carboxylic acids is 3. The van der Waals surface area contributed by atoms with Gasteiger partial charge in [-0.25, -0.2) is 9.69 Å². The third kappa shape index (κ3) is 3.38. The molecule has 7 heteroatoms. The predicted molar refractivity (Wildman–Crippen MR) is 132 cm³/mol. The summed E-state index contributed by atoms with van der Waals surface area (Å²) in [5, 5.41) is 4.03. The van der Waals surface area contributed by atoms with Gasteiger partial charge >= 0.3 is 6.03 Å². The number of nitrogens with one attached hydrogen (secondary N) is 2. The Kier molecular flexibility index (Phi) is 5.63. The summed E-state index contributed by atoms with van der Waals surface area (Å²) in [6, 6.07) is 14.4. The highest BCUT2D eigenvalue weighted by Crippen LogP contribution is 2.45. The number of aromatic nitrogens is 1. The van der Waals surface area contributed by atoms with Crippen LogP contribution < -0.4 is 10.2 Å². The third-order valence-electron chi connectivity index (χ3n) is 7.15. The van der Waals surface area contributed by atoms with Crippen molar-refractivity contribution >= 4 is 34.4 Å². The lowest BCUT2D eigenvalue weighted by Crippen LogP contribution is -2.49. The van der Waals surface area contributed by atoms with E-state index in [2.05, 4.69) is 17.2 Å². The molecule has 1 saturated heterocycles. The summed E-state index contributed by atoms with van der Waals surface area (Å²) in [5.41, 5.74) is 2.58. The van der Waals surface area contributed by atoms with Gasteiger partial charge in [0.25, 0.3) is 11.8 Å². The summed E-state index contributed by atoms with van der Waals surface area (Å²) in [6.07, 6.45) is 4.99. The maximum atomic E-state index is 13.8. The fourth-order valence-corrected chi connectivity index (χ4v) is 5.26. The molecule has 2 aromatic carbocycles. The van der Waals surface area contributed by atoms with Crippen LogP contribution in [0.2, 0.25) is 0 Å². The number of aromatic amines is 1. The fourth-order valence-electron chi connectivity index (χ4n) is 5.26. The van der Waals surface area contributed by atoms with Gasteiger partial charge in [0.15, 0.2) is 5.54 Å². The van der Waals surface area contributed by atoms with Crippen molar-refractivity contribution in [2.45, 2.75) is 51.5 Å². The number of unbranched alkanes of at least 4 members (excludes halogenated alkanes) is 3. The first-order valence-corrected chi connectivity index (χ1v) is 12.1. The zero-order chi connectivity index (χ0) is 23.9. The van der Waals surface area contributed by atoms with Crippen molar-refractivity contribution < 1.29 is 14.4 Å². The molecule has 3 aromatic rings.